The smallest absolute Gasteiger partial charge is 0.0737 e. The fourth-order valence-corrected chi connectivity index (χ4v) is 13.0. The van der Waals surface area contributed by atoms with Gasteiger partial charge in [-0.15, -0.1) is 47.0 Å². The summed E-state index contributed by atoms with van der Waals surface area (Å²) in [5.74, 6) is 0. The van der Waals surface area contributed by atoms with E-state index in [9.17, 15) is 0 Å². The fourth-order valence-electron chi connectivity index (χ4n) is 9.54. The second-order valence-corrected chi connectivity index (χ2v) is 19.2. The van der Waals surface area contributed by atoms with E-state index in [1.165, 1.54) is 64.1 Å². The number of aryl methyl sites for hydroxylation is 4. The number of nitrogens with zero attached hydrogens (tertiary/aromatic N) is 2. The van der Waals surface area contributed by atoms with Crippen LogP contribution in [0.2, 0.25) is 0 Å². The van der Waals surface area contributed by atoms with Crippen LogP contribution in [-0.4, -0.2) is 45.0 Å². The van der Waals surface area contributed by atoms with E-state index in [0.717, 1.165) is 92.8 Å². The molecular formula is C56H54N4S4. The minimum atomic E-state index is 0.932. The number of benzene rings is 4. The quantitative estimate of drug-likeness (QED) is 0.119. The van der Waals surface area contributed by atoms with E-state index in [-0.39, 0.29) is 0 Å². The summed E-state index contributed by atoms with van der Waals surface area (Å²) in [5.41, 5.74) is 22.2. The largest absolute Gasteiger partial charge is 0.354 e. The molecule has 8 bridgehead atoms. The minimum absolute atomic E-state index is 0.932. The van der Waals surface area contributed by atoms with Crippen molar-refractivity contribution in [1.82, 2.24) is 19.9 Å². The highest BCUT2D eigenvalue weighted by atomic mass is 32.2. The first-order chi connectivity index (χ1) is 31.4. The van der Waals surface area contributed by atoms with Crippen LogP contribution in [0.4, 0.5) is 0 Å². The lowest BCUT2D eigenvalue weighted by Gasteiger charge is -2.15. The zero-order chi connectivity index (χ0) is 44.5. The van der Waals surface area contributed by atoms with Gasteiger partial charge in [0.15, 0.2) is 0 Å². The zero-order valence-electron chi connectivity index (χ0n) is 37.9. The second-order valence-electron chi connectivity index (χ2n) is 15.9. The summed E-state index contributed by atoms with van der Waals surface area (Å²) in [6, 6.07) is 35.9. The number of hydrogen-bond donors (Lipinski definition) is 2. The van der Waals surface area contributed by atoms with Gasteiger partial charge in [-0.3, -0.25) is 0 Å². The maximum absolute atomic E-state index is 5.69. The molecule has 2 aliphatic heterocycles. The average molecular weight is 911 g/mol. The molecule has 2 N–H and O–H groups in total. The molecule has 4 aromatic carbocycles. The van der Waals surface area contributed by atoms with Gasteiger partial charge in [-0.25, -0.2) is 9.97 Å². The van der Waals surface area contributed by atoms with E-state index in [1.807, 2.05) is 47.0 Å². The number of fused-ring (bicyclic) bond motifs is 8. The molecule has 4 nitrogen and oxygen atoms in total. The number of aromatic amines is 2. The van der Waals surface area contributed by atoms with Crippen molar-refractivity contribution in [2.45, 2.75) is 73.0 Å². The molecule has 5 heterocycles. The molecule has 3 aromatic heterocycles. The third-order valence-corrected chi connectivity index (χ3v) is 16.1. The summed E-state index contributed by atoms with van der Waals surface area (Å²) < 4.78 is 0. The molecule has 9 rings (SSSR count). The summed E-state index contributed by atoms with van der Waals surface area (Å²) in [7, 11) is 0. The van der Waals surface area contributed by atoms with Crippen LogP contribution in [0.15, 0.2) is 117 Å². The highest BCUT2D eigenvalue weighted by Gasteiger charge is 2.24. The Bertz CT molecular complexity index is 2760. The third-order valence-electron chi connectivity index (χ3n) is 12.6. The lowest BCUT2D eigenvalue weighted by atomic mass is 10.00. The van der Waals surface area contributed by atoms with Gasteiger partial charge in [0.1, 0.15) is 0 Å². The van der Waals surface area contributed by atoms with Crippen molar-refractivity contribution in [3.8, 4) is 44.5 Å². The molecule has 0 amide bonds. The van der Waals surface area contributed by atoms with Crippen molar-refractivity contribution in [3.05, 3.63) is 142 Å². The molecular weight excluding hydrogens is 857 g/mol. The Hall–Kier alpha value is -5.12. The van der Waals surface area contributed by atoms with E-state index in [0.29, 0.717) is 0 Å². The van der Waals surface area contributed by atoms with Gasteiger partial charge in [-0.2, -0.15) is 0 Å². The first-order valence-corrected chi connectivity index (χ1v) is 27.1. The number of rotatable bonds is 12. The molecule has 8 heteroatoms. The van der Waals surface area contributed by atoms with Gasteiger partial charge in [0, 0.05) is 63.9 Å². The van der Waals surface area contributed by atoms with Gasteiger partial charge in [0.25, 0.3) is 0 Å². The first-order valence-electron chi connectivity index (χ1n) is 22.2. The van der Waals surface area contributed by atoms with Crippen molar-refractivity contribution in [2.24, 2.45) is 0 Å². The topological polar surface area (TPSA) is 57.4 Å². The molecule has 64 heavy (non-hydrogen) atoms. The van der Waals surface area contributed by atoms with Crippen LogP contribution < -0.4 is 0 Å². The molecule has 0 spiro atoms. The van der Waals surface area contributed by atoms with E-state index in [2.05, 4.69) is 184 Å². The molecule has 0 radical (unpaired) electrons. The molecule has 0 atom stereocenters. The van der Waals surface area contributed by atoms with Crippen LogP contribution in [0, 0.1) is 0 Å². The molecule has 0 saturated heterocycles. The Labute approximate surface area is 395 Å². The molecule has 0 aliphatic carbocycles. The molecule has 2 aliphatic rings. The number of nitrogens with one attached hydrogen (secondary N) is 2. The second kappa shape index (κ2) is 19.2. The van der Waals surface area contributed by atoms with Crippen molar-refractivity contribution >= 4 is 93.4 Å². The van der Waals surface area contributed by atoms with Crippen LogP contribution in [0.25, 0.3) is 90.9 Å². The van der Waals surface area contributed by atoms with Gasteiger partial charge in [-0.1, -0.05) is 100 Å². The zero-order valence-corrected chi connectivity index (χ0v) is 41.2. The molecule has 0 fully saturated rings. The van der Waals surface area contributed by atoms with Crippen molar-refractivity contribution in [2.75, 3.05) is 25.0 Å². The van der Waals surface area contributed by atoms with Crippen LogP contribution in [0.5, 0.6) is 0 Å². The third kappa shape index (κ3) is 7.80. The van der Waals surface area contributed by atoms with Crippen LogP contribution in [0.3, 0.4) is 0 Å². The Morgan fingerprint density at radius 2 is 0.578 bits per heavy atom. The highest BCUT2D eigenvalue weighted by molar-refractivity contribution is 7.99. The maximum Gasteiger partial charge on any atom is 0.0737 e. The Balaban J connectivity index is 1.53. The molecule has 0 saturated carbocycles. The Kier molecular flexibility index (Phi) is 13.2. The maximum atomic E-state index is 5.69. The lowest BCUT2D eigenvalue weighted by Crippen LogP contribution is -1.95. The monoisotopic (exact) mass is 910 g/mol. The number of hydrogen-bond acceptors (Lipinski definition) is 6. The minimum Gasteiger partial charge on any atom is -0.354 e. The van der Waals surface area contributed by atoms with E-state index in [1.54, 1.807) is 0 Å². The predicted molar refractivity (Wildman–Crippen MR) is 285 cm³/mol. The van der Waals surface area contributed by atoms with Crippen molar-refractivity contribution < 1.29 is 0 Å². The highest BCUT2D eigenvalue weighted by Crippen LogP contribution is 2.45. The first kappa shape index (κ1) is 44.1. The molecule has 7 aromatic rings. The molecule has 0 unspecified atom stereocenters. The average Bonchev–Trinajstić information content (AvgIpc) is 4.19. The van der Waals surface area contributed by atoms with Gasteiger partial charge < -0.3 is 9.97 Å². The predicted octanol–water partition coefficient (Wildman–Crippen LogP) is 16.5. The van der Waals surface area contributed by atoms with Crippen LogP contribution >= 0.6 is 47.0 Å². The van der Waals surface area contributed by atoms with Crippen LogP contribution in [-0.2, 0) is 25.7 Å². The number of aromatic nitrogens is 4. The standard InChI is InChI=1S/C56H54N4S4/c1-9-33-17-13-21-37(53(33)61-5)49-41-25-27-43(57-41)50(38-22-14-18-34(10-2)54(38)62-6)45-29-31-47(59-45)52(40-24-16-20-36(12-4)56(40)64-8)48-32-30-46(60-48)51(44-28-26-42(49)58-44)39-23-15-19-35(11-3)55(39)63-7/h13-32,57,60H,9-12H2,1-8H3. The van der Waals surface area contributed by atoms with Crippen molar-refractivity contribution in [3.63, 3.8) is 0 Å². The van der Waals surface area contributed by atoms with E-state index in [4.69, 9.17) is 9.97 Å². The summed E-state index contributed by atoms with van der Waals surface area (Å²) in [5, 5.41) is 0. The van der Waals surface area contributed by atoms with Gasteiger partial charge in [-0.05, 0) is 144 Å². The Morgan fingerprint density at radius 1 is 0.344 bits per heavy atom. The van der Waals surface area contributed by atoms with Gasteiger partial charge >= 0.3 is 0 Å². The summed E-state index contributed by atoms with van der Waals surface area (Å²) in [4.78, 5) is 24.5. The molecule has 322 valence electrons. The fraction of sp³-hybridized carbons (Fsp3) is 0.214. The summed E-state index contributed by atoms with van der Waals surface area (Å²) >= 11 is 7.25. The van der Waals surface area contributed by atoms with Gasteiger partial charge in [0.2, 0.25) is 0 Å². The Morgan fingerprint density at radius 3 is 0.781 bits per heavy atom. The lowest BCUT2D eigenvalue weighted by molar-refractivity contribution is 1.08. The number of H-pyrrole nitrogens is 2. The normalized spacial score (nSPS) is 12.1. The van der Waals surface area contributed by atoms with Crippen LogP contribution in [0.1, 0.15) is 72.7 Å². The van der Waals surface area contributed by atoms with Gasteiger partial charge in [0.05, 0.1) is 22.8 Å². The summed E-state index contributed by atoms with van der Waals surface area (Å²) in [6.45, 7) is 8.98. The SMILES string of the molecule is CCc1cccc(-c2c3nc(c(-c4cccc(CC)c4SC)c4ccc([nH]4)c(-c4cccc(CC)c4SC)c4nc(c(-c5cccc(CC)c5SC)c5ccc2[nH]5)C=C4)C=C3)c1SC. The van der Waals surface area contributed by atoms with Crippen molar-refractivity contribution in [1.29, 1.82) is 0 Å². The summed E-state index contributed by atoms with van der Waals surface area (Å²) in [6.07, 6.45) is 21.4. The van der Waals surface area contributed by atoms with E-state index >= 15 is 0 Å². The number of thioether (sulfide) groups is 4. The van der Waals surface area contributed by atoms with E-state index < -0.39 is 0 Å².